The maximum Gasteiger partial charge on any atom is 0.120 e. The van der Waals surface area contributed by atoms with E-state index in [9.17, 15) is 0 Å². The lowest BCUT2D eigenvalue weighted by atomic mass is 9.92. The Bertz CT molecular complexity index is 725. The second-order valence-electron chi connectivity index (χ2n) is 7.13. The van der Waals surface area contributed by atoms with Crippen LogP contribution in [0, 0.1) is 5.92 Å². The molecule has 0 radical (unpaired) electrons. The Labute approximate surface area is 142 Å². The number of nitrogens with one attached hydrogen (secondary N) is 1. The van der Waals surface area contributed by atoms with Crippen LogP contribution >= 0.6 is 11.3 Å². The summed E-state index contributed by atoms with van der Waals surface area (Å²) in [6.07, 6.45) is 6.01. The van der Waals surface area contributed by atoms with Crippen LogP contribution in [0.1, 0.15) is 42.8 Å². The Kier molecular flexibility index (Phi) is 4.22. The Balaban J connectivity index is 1.60. The van der Waals surface area contributed by atoms with Gasteiger partial charge in [0, 0.05) is 19.1 Å². The summed E-state index contributed by atoms with van der Waals surface area (Å²) >= 11 is 1.84. The van der Waals surface area contributed by atoms with E-state index in [-0.39, 0.29) is 0 Å². The van der Waals surface area contributed by atoms with Crippen molar-refractivity contribution in [3.05, 3.63) is 34.8 Å². The van der Waals surface area contributed by atoms with E-state index in [1.54, 1.807) is 0 Å². The molecule has 1 saturated heterocycles. The molecule has 1 fully saturated rings. The van der Waals surface area contributed by atoms with Crippen LogP contribution in [0.4, 0.5) is 0 Å². The zero-order valence-corrected chi connectivity index (χ0v) is 14.8. The zero-order valence-electron chi connectivity index (χ0n) is 14.0. The monoisotopic (exact) mass is 327 g/mol. The van der Waals surface area contributed by atoms with Crippen LogP contribution in [0.25, 0.3) is 15.8 Å². The van der Waals surface area contributed by atoms with Crippen molar-refractivity contribution < 1.29 is 0 Å². The van der Waals surface area contributed by atoms with Crippen molar-refractivity contribution in [3.63, 3.8) is 0 Å². The molecule has 2 aliphatic rings. The van der Waals surface area contributed by atoms with Gasteiger partial charge >= 0.3 is 0 Å². The fourth-order valence-electron chi connectivity index (χ4n) is 3.55. The molecule has 0 aliphatic carbocycles. The van der Waals surface area contributed by atoms with Crippen LogP contribution in [0.15, 0.2) is 24.3 Å². The van der Waals surface area contributed by atoms with Crippen LogP contribution in [-0.2, 0) is 0 Å². The predicted octanol–water partition coefficient (Wildman–Crippen LogP) is 4.08. The molecule has 3 heterocycles. The van der Waals surface area contributed by atoms with E-state index in [2.05, 4.69) is 48.5 Å². The number of benzene rings is 1. The fourth-order valence-corrected chi connectivity index (χ4v) is 4.56. The van der Waals surface area contributed by atoms with Crippen molar-refractivity contribution in [2.75, 3.05) is 26.7 Å². The minimum atomic E-state index is 0.503. The number of rotatable bonds is 2. The average Bonchev–Trinajstić information content (AvgIpc) is 2.99. The van der Waals surface area contributed by atoms with E-state index in [1.165, 1.54) is 39.2 Å². The summed E-state index contributed by atoms with van der Waals surface area (Å²) in [5, 5.41) is 4.90. The molecule has 1 aromatic heterocycles. The van der Waals surface area contributed by atoms with Gasteiger partial charge in [0.15, 0.2) is 0 Å². The van der Waals surface area contributed by atoms with Gasteiger partial charge in [0.1, 0.15) is 5.01 Å². The molecule has 2 aromatic rings. The van der Waals surface area contributed by atoms with Gasteiger partial charge in [-0.15, -0.1) is 11.3 Å². The maximum absolute atomic E-state index is 4.94. The van der Waals surface area contributed by atoms with E-state index in [4.69, 9.17) is 4.98 Å². The lowest BCUT2D eigenvalue weighted by Crippen LogP contribution is -2.31. The number of likely N-dealkylation sites (N-methyl/N-ethyl adjacent to an activating group) is 1. The quantitative estimate of drug-likeness (QED) is 0.901. The Hall–Kier alpha value is -1.23. The zero-order chi connectivity index (χ0) is 15.8. The number of thiazole rings is 1. The molecule has 1 aromatic carbocycles. The van der Waals surface area contributed by atoms with E-state index >= 15 is 0 Å². The SMILES string of the molecule is C[C@H]1CC[C@H](c2ccc3sc(C4=CCN(C)CC4)nc3c2)NC1. The number of fused-ring (bicyclic) bond motifs is 1. The molecule has 4 heteroatoms. The summed E-state index contributed by atoms with van der Waals surface area (Å²) in [6.45, 7) is 5.64. The maximum atomic E-state index is 4.94. The molecule has 122 valence electrons. The molecule has 0 amide bonds. The smallest absolute Gasteiger partial charge is 0.120 e. The largest absolute Gasteiger partial charge is 0.310 e. The van der Waals surface area contributed by atoms with Crippen molar-refractivity contribution in [1.82, 2.24) is 15.2 Å². The molecule has 0 unspecified atom stereocenters. The lowest BCUT2D eigenvalue weighted by molar-refractivity contribution is 0.333. The van der Waals surface area contributed by atoms with Crippen molar-refractivity contribution in [1.29, 1.82) is 0 Å². The van der Waals surface area contributed by atoms with Gasteiger partial charge in [0.25, 0.3) is 0 Å². The highest BCUT2D eigenvalue weighted by Gasteiger charge is 2.20. The second-order valence-corrected chi connectivity index (χ2v) is 8.16. The minimum Gasteiger partial charge on any atom is -0.310 e. The molecule has 2 atom stereocenters. The third-order valence-corrected chi connectivity index (χ3v) is 6.27. The van der Waals surface area contributed by atoms with Crippen molar-refractivity contribution in [3.8, 4) is 0 Å². The van der Waals surface area contributed by atoms with Crippen LogP contribution in [0.2, 0.25) is 0 Å². The number of hydrogen-bond acceptors (Lipinski definition) is 4. The molecule has 4 rings (SSSR count). The van der Waals surface area contributed by atoms with Gasteiger partial charge in [-0.25, -0.2) is 4.98 Å². The Morgan fingerprint density at radius 3 is 2.96 bits per heavy atom. The van der Waals surface area contributed by atoms with Crippen LogP contribution in [0.3, 0.4) is 0 Å². The fraction of sp³-hybridized carbons (Fsp3) is 0.526. The highest BCUT2D eigenvalue weighted by atomic mass is 32.1. The van der Waals surface area contributed by atoms with Crippen molar-refractivity contribution in [2.45, 2.75) is 32.2 Å². The van der Waals surface area contributed by atoms with Gasteiger partial charge < -0.3 is 10.2 Å². The molecule has 2 aliphatic heterocycles. The minimum absolute atomic E-state index is 0.503. The Morgan fingerprint density at radius 2 is 2.22 bits per heavy atom. The number of nitrogens with zero attached hydrogens (tertiary/aromatic N) is 2. The third-order valence-electron chi connectivity index (χ3n) is 5.16. The highest BCUT2D eigenvalue weighted by Crippen LogP contribution is 2.33. The average molecular weight is 327 g/mol. The first-order valence-corrected chi connectivity index (χ1v) is 9.52. The van der Waals surface area contributed by atoms with Gasteiger partial charge in [0.2, 0.25) is 0 Å². The first-order valence-electron chi connectivity index (χ1n) is 8.71. The molecule has 0 bridgehead atoms. The van der Waals surface area contributed by atoms with E-state index in [0.717, 1.165) is 32.0 Å². The molecule has 3 nitrogen and oxygen atoms in total. The van der Waals surface area contributed by atoms with Gasteiger partial charge in [-0.3, -0.25) is 0 Å². The van der Waals surface area contributed by atoms with E-state index < -0.39 is 0 Å². The van der Waals surface area contributed by atoms with E-state index in [0.29, 0.717) is 6.04 Å². The van der Waals surface area contributed by atoms with Crippen molar-refractivity contribution >= 4 is 27.1 Å². The first kappa shape index (κ1) is 15.3. The summed E-state index contributed by atoms with van der Waals surface area (Å²) < 4.78 is 1.31. The van der Waals surface area contributed by atoms with Gasteiger partial charge in [-0.1, -0.05) is 19.1 Å². The number of hydrogen-bond donors (Lipinski definition) is 1. The summed E-state index contributed by atoms with van der Waals surface area (Å²) in [5.74, 6) is 0.803. The standard InChI is InChI=1S/C19H25N3S/c1-13-3-5-16(20-12-13)15-4-6-18-17(11-15)21-19(23-18)14-7-9-22(2)10-8-14/h4,6-7,11,13,16,20H,3,5,8-10,12H2,1-2H3/t13-,16+/m0/s1. The van der Waals surface area contributed by atoms with Gasteiger partial charge in [-0.2, -0.15) is 0 Å². The van der Waals surface area contributed by atoms with Crippen molar-refractivity contribution in [2.24, 2.45) is 5.92 Å². The van der Waals surface area contributed by atoms with Crippen LogP contribution < -0.4 is 5.32 Å². The summed E-state index contributed by atoms with van der Waals surface area (Å²) in [5.41, 5.74) is 4.00. The second kappa shape index (κ2) is 6.34. The molecule has 23 heavy (non-hydrogen) atoms. The highest BCUT2D eigenvalue weighted by molar-refractivity contribution is 7.19. The molecular formula is C19H25N3S. The molecule has 1 N–H and O–H groups in total. The number of piperidine rings is 1. The normalized spacial score (nSPS) is 26.4. The lowest BCUT2D eigenvalue weighted by Gasteiger charge is -2.28. The molecular weight excluding hydrogens is 302 g/mol. The Morgan fingerprint density at radius 1 is 1.30 bits per heavy atom. The third kappa shape index (κ3) is 3.21. The predicted molar refractivity (Wildman–Crippen MR) is 98.9 cm³/mol. The first-order chi connectivity index (χ1) is 11.2. The summed E-state index contributed by atoms with van der Waals surface area (Å²) in [4.78, 5) is 7.29. The number of aromatic nitrogens is 1. The van der Waals surface area contributed by atoms with Crippen LogP contribution in [-0.4, -0.2) is 36.6 Å². The molecule has 0 saturated carbocycles. The molecule has 0 spiro atoms. The summed E-state index contributed by atoms with van der Waals surface area (Å²) in [6, 6.07) is 7.36. The van der Waals surface area contributed by atoms with Gasteiger partial charge in [-0.05, 0) is 62.0 Å². The topological polar surface area (TPSA) is 28.2 Å². The summed E-state index contributed by atoms with van der Waals surface area (Å²) in [7, 11) is 2.18. The van der Waals surface area contributed by atoms with Gasteiger partial charge in [0.05, 0.1) is 10.2 Å². The van der Waals surface area contributed by atoms with E-state index in [1.807, 2.05) is 11.3 Å². The van der Waals surface area contributed by atoms with Crippen LogP contribution in [0.5, 0.6) is 0 Å².